The fourth-order valence-corrected chi connectivity index (χ4v) is 1.53. The molecule has 0 radical (unpaired) electrons. The predicted octanol–water partition coefficient (Wildman–Crippen LogP) is 1.18. The first kappa shape index (κ1) is 9.21. The van der Waals surface area contributed by atoms with E-state index in [9.17, 15) is 0 Å². The zero-order chi connectivity index (χ0) is 9.80. The van der Waals surface area contributed by atoms with Gasteiger partial charge < -0.3 is 10.1 Å². The summed E-state index contributed by atoms with van der Waals surface area (Å²) < 4.78 is 5.40. The van der Waals surface area contributed by atoms with Gasteiger partial charge in [0.05, 0.1) is 6.54 Å². The molecule has 1 aliphatic heterocycles. The molecule has 1 N–H and O–H groups in total. The van der Waals surface area contributed by atoms with Crippen LogP contribution in [0.1, 0.15) is 11.1 Å². The molecule has 0 aliphatic carbocycles. The molecule has 2 rings (SSSR count). The Balaban J connectivity index is 2.21. The maximum atomic E-state index is 5.40. The molecule has 1 aromatic carbocycles. The highest BCUT2D eigenvalue weighted by molar-refractivity contribution is 5.95. The second-order valence-electron chi connectivity index (χ2n) is 3.27. The summed E-state index contributed by atoms with van der Waals surface area (Å²) in [5.41, 5.74) is 2.33. The van der Waals surface area contributed by atoms with Gasteiger partial charge in [0.2, 0.25) is 5.90 Å². The summed E-state index contributed by atoms with van der Waals surface area (Å²) in [7, 11) is 1.94. The number of nitrogens with zero attached hydrogens (tertiary/aromatic N) is 1. The Morgan fingerprint density at radius 1 is 1.50 bits per heavy atom. The molecule has 0 saturated carbocycles. The van der Waals surface area contributed by atoms with Gasteiger partial charge in [-0.3, -0.25) is 0 Å². The lowest BCUT2D eigenvalue weighted by atomic mass is 10.1. The van der Waals surface area contributed by atoms with E-state index in [1.807, 2.05) is 19.2 Å². The van der Waals surface area contributed by atoms with Crippen LogP contribution in [0.3, 0.4) is 0 Å². The number of aliphatic imine (C=N–C) groups is 1. The number of rotatable bonds is 3. The highest BCUT2D eigenvalue weighted by Crippen LogP contribution is 2.10. The van der Waals surface area contributed by atoms with Crippen molar-refractivity contribution >= 4 is 5.90 Å². The van der Waals surface area contributed by atoms with Gasteiger partial charge in [-0.05, 0) is 24.7 Å². The SMILES string of the molecule is CNCc1cccc(C2=NCCO2)c1. The van der Waals surface area contributed by atoms with Gasteiger partial charge in [-0.2, -0.15) is 0 Å². The largest absolute Gasteiger partial charge is 0.476 e. The normalized spacial score (nSPS) is 15.1. The number of ether oxygens (including phenoxy) is 1. The molecule has 1 heterocycles. The van der Waals surface area contributed by atoms with Crippen molar-refractivity contribution in [3.63, 3.8) is 0 Å². The first-order chi connectivity index (χ1) is 6.90. The molecule has 0 bridgehead atoms. The van der Waals surface area contributed by atoms with Crippen LogP contribution in [0.2, 0.25) is 0 Å². The molecule has 0 fully saturated rings. The minimum Gasteiger partial charge on any atom is -0.476 e. The van der Waals surface area contributed by atoms with Crippen molar-refractivity contribution in [1.82, 2.24) is 5.32 Å². The lowest BCUT2D eigenvalue weighted by molar-refractivity contribution is 0.348. The second kappa shape index (κ2) is 4.24. The molecule has 3 nitrogen and oxygen atoms in total. The van der Waals surface area contributed by atoms with Crippen LogP contribution in [-0.4, -0.2) is 26.1 Å². The molecule has 1 aromatic rings. The highest BCUT2D eigenvalue weighted by Gasteiger charge is 2.09. The minimum absolute atomic E-state index is 0.714. The summed E-state index contributed by atoms with van der Waals surface area (Å²) >= 11 is 0. The summed E-state index contributed by atoms with van der Waals surface area (Å²) in [6.07, 6.45) is 0. The topological polar surface area (TPSA) is 33.6 Å². The van der Waals surface area contributed by atoms with Crippen LogP contribution in [0.25, 0.3) is 0 Å². The quantitative estimate of drug-likeness (QED) is 0.776. The molecular formula is C11H14N2O. The van der Waals surface area contributed by atoms with Crippen molar-refractivity contribution < 1.29 is 4.74 Å². The smallest absolute Gasteiger partial charge is 0.216 e. The lowest BCUT2D eigenvalue weighted by Crippen LogP contribution is -2.07. The first-order valence-corrected chi connectivity index (χ1v) is 4.81. The monoisotopic (exact) mass is 190 g/mol. The van der Waals surface area contributed by atoms with Crippen LogP contribution in [0, 0.1) is 0 Å². The third-order valence-electron chi connectivity index (χ3n) is 2.14. The lowest BCUT2D eigenvalue weighted by Gasteiger charge is -2.04. The van der Waals surface area contributed by atoms with Crippen molar-refractivity contribution in [3.05, 3.63) is 35.4 Å². The van der Waals surface area contributed by atoms with E-state index in [0.717, 1.165) is 24.6 Å². The van der Waals surface area contributed by atoms with Gasteiger partial charge in [-0.25, -0.2) is 4.99 Å². The molecule has 0 unspecified atom stereocenters. The van der Waals surface area contributed by atoms with Gasteiger partial charge >= 0.3 is 0 Å². The third kappa shape index (κ3) is 1.93. The van der Waals surface area contributed by atoms with Gasteiger partial charge in [-0.15, -0.1) is 0 Å². The van der Waals surface area contributed by atoms with Crippen LogP contribution >= 0.6 is 0 Å². The predicted molar refractivity (Wildman–Crippen MR) is 56.6 cm³/mol. The van der Waals surface area contributed by atoms with Gasteiger partial charge in [0.1, 0.15) is 6.61 Å². The summed E-state index contributed by atoms with van der Waals surface area (Å²) in [5.74, 6) is 0.781. The molecular weight excluding hydrogens is 176 g/mol. The molecule has 0 aromatic heterocycles. The minimum atomic E-state index is 0.714. The molecule has 0 atom stereocenters. The second-order valence-corrected chi connectivity index (χ2v) is 3.27. The van der Waals surface area contributed by atoms with E-state index < -0.39 is 0 Å². The van der Waals surface area contributed by atoms with Crippen molar-refractivity contribution in [1.29, 1.82) is 0 Å². The average Bonchev–Trinajstić information content (AvgIpc) is 2.71. The van der Waals surface area contributed by atoms with Gasteiger partial charge in [-0.1, -0.05) is 12.1 Å². The van der Waals surface area contributed by atoms with Crippen LogP contribution in [-0.2, 0) is 11.3 Å². The van der Waals surface area contributed by atoms with Crippen molar-refractivity contribution in [3.8, 4) is 0 Å². The maximum absolute atomic E-state index is 5.40. The Labute approximate surface area is 83.8 Å². The fourth-order valence-electron chi connectivity index (χ4n) is 1.53. The van der Waals surface area contributed by atoms with E-state index in [4.69, 9.17) is 4.74 Å². The van der Waals surface area contributed by atoms with E-state index in [2.05, 4.69) is 22.4 Å². The molecule has 1 aliphatic rings. The molecule has 3 heteroatoms. The maximum Gasteiger partial charge on any atom is 0.216 e. The fraction of sp³-hybridized carbons (Fsp3) is 0.364. The zero-order valence-corrected chi connectivity index (χ0v) is 8.29. The van der Waals surface area contributed by atoms with Gasteiger partial charge in [0.25, 0.3) is 0 Å². The summed E-state index contributed by atoms with van der Waals surface area (Å²) in [4.78, 5) is 4.28. The van der Waals surface area contributed by atoms with Crippen molar-refractivity contribution in [2.75, 3.05) is 20.2 Å². The number of hydrogen-bond acceptors (Lipinski definition) is 3. The van der Waals surface area contributed by atoms with Crippen molar-refractivity contribution in [2.24, 2.45) is 4.99 Å². The molecule has 14 heavy (non-hydrogen) atoms. The average molecular weight is 190 g/mol. The van der Waals surface area contributed by atoms with Crippen LogP contribution in [0.15, 0.2) is 29.3 Å². The Hall–Kier alpha value is -1.35. The Kier molecular flexibility index (Phi) is 2.79. The van der Waals surface area contributed by atoms with Gasteiger partial charge in [0.15, 0.2) is 0 Å². The van der Waals surface area contributed by atoms with E-state index in [-0.39, 0.29) is 0 Å². The highest BCUT2D eigenvalue weighted by atomic mass is 16.5. The Morgan fingerprint density at radius 2 is 2.43 bits per heavy atom. The number of nitrogens with one attached hydrogen (secondary N) is 1. The standard InChI is InChI=1S/C11H14N2O/c1-12-8-9-3-2-4-10(7-9)11-13-5-6-14-11/h2-4,7,12H,5-6,8H2,1H3. The Morgan fingerprint density at radius 3 is 3.14 bits per heavy atom. The van der Waals surface area contributed by atoms with Crippen molar-refractivity contribution in [2.45, 2.75) is 6.54 Å². The first-order valence-electron chi connectivity index (χ1n) is 4.81. The van der Waals surface area contributed by atoms with E-state index in [1.54, 1.807) is 0 Å². The summed E-state index contributed by atoms with van der Waals surface area (Å²) in [5, 5.41) is 3.12. The molecule has 74 valence electrons. The third-order valence-corrected chi connectivity index (χ3v) is 2.14. The summed E-state index contributed by atoms with van der Waals surface area (Å²) in [6.45, 7) is 2.37. The van der Waals surface area contributed by atoms with Crippen LogP contribution in [0.5, 0.6) is 0 Å². The Bertz CT molecular complexity index is 347. The molecule has 0 spiro atoms. The van der Waals surface area contributed by atoms with Crippen LogP contribution in [0.4, 0.5) is 0 Å². The van der Waals surface area contributed by atoms with Crippen LogP contribution < -0.4 is 5.32 Å². The summed E-state index contributed by atoms with van der Waals surface area (Å²) in [6, 6.07) is 8.27. The van der Waals surface area contributed by atoms with E-state index in [1.165, 1.54) is 5.56 Å². The molecule has 0 saturated heterocycles. The number of hydrogen-bond donors (Lipinski definition) is 1. The number of benzene rings is 1. The van der Waals surface area contributed by atoms with Gasteiger partial charge in [0, 0.05) is 12.1 Å². The molecule has 0 amide bonds. The zero-order valence-electron chi connectivity index (χ0n) is 8.29. The van der Waals surface area contributed by atoms with E-state index >= 15 is 0 Å². The van der Waals surface area contributed by atoms with E-state index in [0.29, 0.717) is 6.61 Å².